The van der Waals surface area contributed by atoms with E-state index < -0.39 is 9.84 Å². The molecule has 0 bridgehead atoms. The van der Waals surface area contributed by atoms with Crippen LogP contribution in [0.25, 0.3) is 11.5 Å². The first kappa shape index (κ1) is 21.1. The van der Waals surface area contributed by atoms with Gasteiger partial charge in [-0.1, -0.05) is 43.3 Å². The Morgan fingerprint density at radius 2 is 1.58 bits per heavy atom. The second kappa shape index (κ2) is 8.93. The van der Waals surface area contributed by atoms with E-state index in [9.17, 15) is 13.2 Å². The van der Waals surface area contributed by atoms with Gasteiger partial charge in [0.2, 0.25) is 32.5 Å². The molecule has 7 nitrogen and oxygen atoms in total. The molecule has 2 heterocycles. The summed E-state index contributed by atoms with van der Waals surface area (Å²) in [7, 11) is -3.87. The van der Waals surface area contributed by atoms with Crippen LogP contribution in [0.2, 0.25) is 0 Å². The maximum absolute atomic E-state index is 13.4. The Morgan fingerprint density at radius 3 is 2.19 bits per heavy atom. The first-order valence-electron chi connectivity index (χ1n) is 10.4. The lowest BCUT2D eigenvalue weighted by Gasteiger charge is -2.34. The Morgan fingerprint density at radius 1 is 0.968 bits per heavy atom. The van der Waals surface area contributed by atoms with E-state index in [1.807, 2.05) is 47.1 Å². The summed E-state index contributed by atoms with van der Waals surface area (Å²) in [6, 6.07) is 17.5. The van der Waals surface area contributed by atoms with Gasteiger partial charge < -0.3 is 14.2 Å². The molecule has 31 heavy (non-hydrogen) atoms. The number of nitrogens with zero attached hydrogens (tertiary/aromatic N) is 3. The Labute approximate surface area is 182 Å². The fourth-order valence-electron chi connectivity index (χ4n) is 3.62. The number of sulfone groups is 1. The highest BCUT2D eigenvalue weighted by atomic mass is 32.2. The lowest BCUT2D eigenvalue weighted by Crippen LogP contribution is -2.48. The standard InChI is InChI=1S/C23H25N3O4S/c1-2-9-20(27)25-14-16-26(17-15-25)23-22(31(28,29)19-12-7-4-8-13-19)24-21(30-23)18-10-5-3-6-11-18/h3-8,10-13H,2,9,14-17H2,1H3. The van der Waals surface area contributed by atoms with E-state index in [1.165, 1.54) is 0 Å². The molecule has 0 spiro atoms. The van der Waals surface area contributed by atoms with Gasteiger partial charge in [0.15, 0.2) is 0 Å². The van der Waals surface area contributed by atoms with Crippen molar-refractivity contribution in [2.75, 3.05) is 31.1 Å². The smallest absolute Gasteiger partial charge is 0.236 e. The molecule has 1 aromatic heterocycles. The number of anilines is 1. The Balaban J connectivity index is 1.70. The number of carbonyl (C=O) groups is 1. The molecule has 1 amide bonds. The molecule has 1 aliphatic heterocycles. The van der Waals surface area contributed by atoms with E-state index in [4.69, 9.17) is 4.42 Å². The fourth-order valence-corrected chi connectivity index (χ4v) is 4.96. The van der Waals surface area contributed by atoms with Crippen molar-refractivity contribution in [3.8, 4) is 11.5 Å². The first-order chi connectivity index (χ1) is 15.0. The summed E-state index contributed by atoms with van der Waals surface area (Å²) < 4.78 is 32.8. The molecule has 0 saturated carbocycles. The van der Waals surface area contributed by atoms with E-state index in [0.717, 1.165) is 6.42 Å². The Bertz CT molecular complexity index is 1140. The molecule has 1 saturated heterocycles. The molecule has 162 valence electrons. The van der Waals surface area contributed by atoms with Crippen LogP contribution in [-0.2, 0) is 14.6 Å². The second-order valence-corrected chi connectivity index (χ2v) is 9.29. The van der Waals surface area contributed by atoms with E-state index in [1.54, 1.807) is 30.3 Å². The van der Waals surface area contributed by atoms with Crippen LogP contribution in [0.15, 0.2) is 75.0 Å². The van der Waals surface area contributed by atoms with Crippen LogP contribution in [-0.4, -0.2) is 50.4 Å². The van der Waals surface area contributed by atoms with Crippen LogP contribution in [0.1, 0.15) is 19.8 Å². The van der Waals surface area contributed by atoms with Crippen molar-refractivity contribution in [2.24, 2.45) is 0 Å². The number of hydrogen-bond acceptors (Lipinski definition) is 6. The van der Waals surface area contributed by atoms with Gasteiger partial charge in [-0.2, -0.15) is 4.98 Å². The summed E-state index contributed by atoms with van der Waals surface area (Å²) in [5.41, 5.74) is 0.704. The third-order valence-corrected chi connectivity index (χ3v) is 6.96. The summed E-state index contributed by atoms with van der Waals surface area (Å²) in [4.78, 5) is 20.5. The molecule has 0 atom stereocenters. The van der Waals surface area contributed by atoms with Crippen LogP contribution >= 0.6 is 0 Å². The molecule has 3 aromatic rings. The van der Waals surface area contributed by atoms with Gasteiger partial charge in [0.25, 0.3) is 0 Å². The number of piperazine rings is 1. The maximum atomic E-state index is 13.4. The third-order valence-electron chi connectivity index (χ3n) is 5.29. The number of benzene rings is 2. The summed E-state index contributed by atoms with van der Waals surface area (Å²) in [5.74, 6) is 0.613. The topological polar surface area (TPSA) is 83.7 Å². The SMILES string of the molecule is CCCC(=O)N1CCN(c2oc(-c3ccccc3)nc2S(=O)(=O)c2ccccc2)CC1. The first-order valence-corrected chi connectivity index (χ1v) is 11.9. The fraction of sp³-hybridized carbons (Fsp3) is 0.304. The summed E-state index contributed by atoms with van der Waals surface area (Å²) in [6.07, 6.45) is 1.33. The Hall–Kier alpha value is -3.13. The van der Waals surface area contributed by atoms with Gasteiger partial charge in [-0.15, -0.1) is 0 Å². The molecule has 0 radical (unpaired) electrons. The zero-order valence-electron chi connectivity index (χ0n) is 17.4. The lowest BCUT2D eigenvalue weighted by atomic mass is 10.2. The molecular formula is C23H25N3O4S. The average molecular weight is 440 g/mol. The van der Waals surface area contributed by atoms with Crippen LogP contribution < -0.4 is 4.90 Å². The number of carbonyl (C=O) groups excluding carboxylic acids is 1. The number of amides is 1. The molecule has 1 fully saturated rings. The average Bonchev–Trinajstić information content (AvgIpc) is 3.27. The number of aromatic nitrogens is 1. The number of oxazole rings is 1. The van der Waals surface area contributed by atoms with Gasteiger partial charge in [-0.3, -0.25) is 4.79 Å². The highest BCUT2D eigenvalue weighted by Gasteiger charge is 2.33. The van der Waals surface area contributed by atoms with E-state index in [2.05, 4.69) is 4.98 Å². The van der Waals surface area contributed by atoms with E-state index in [-0.39, 0.29) is 27.6 Å². The summed E-state index contributed by atoms with van der Waals surface area (Å²) in [6.45, 7) is 3.98. The van der Waals surface area contributed by atoms with E-state index >= 15 is 0 Å². The van der Waals surface area contributed by atoms with Crippen molar-refractivity contribution in [1.82, 2.24) is 9.88 Å². The quantitative estimate of drug-likeness (QED) is 0.583. The summed E-state index contributed by atoms with van der Waals surface area (Å²) in [5, 5.41) is -0.0918. The van der Waals surface area contributed by atoms with Gasteiger partial charge in [0.1, 0.15) is 0 Å². The summed E-state index contributed by atoms with van der Waals surface area (Å²) >= 11 is 0. The second-order valence-electron chi connectivity index (χ2n) is 7.43. The zero-order chi connectivity index (χ0) is 21.8. The molecule has 2 aromatic carbocycles. The van der Waals surface area contributed by atoms with Crippen molar-refractivity contribution >= 4 is 21.6 Å². The molecule has 1 aliphatic rings. The van der Waals surface area contributed by atoms with Crippen molar-refractivity contribution in [1.29, 1.82) is 0 Å². The predicted molar refractivity (Wildman–Crippen MR) is 118 cm³/mol. The Kier molecular flexibility index (Phi) is 6.08. The van der Waals surface area contributed by atoms with Crippen LogP contribution in [0.5, 0.6) is 0 Å². The normalized spacial score (nSPS) is 14.6. The molecular weight excluding hydrogens is 414 g/mol. The third kappa shape index (κ3) is 4.34. The highest BCUT2D eigenvalue weighted by Crippen LogP contribution is 2.35. The zero-order valence-corrected chi connectivity index (χ0v) is 18.2. The van der Waals surface area contributed by atoms with Crippen molar-refractivity contribution < 1.29 is 17.6 Å². The molecule has 0 aliphatic carbocycles. The molecule has 0 N–H and O–H groups in total. The monoisotopic (exact) mass is 439 g/mol. The molecule has 8 heteroatoms. The van der Waals surface area contributed by atoms with Crippen LogP contribution in [0.3, 0.4) is 0 Å². The largest absolute Gasteiger partial charge is 0.419 e. The minimum atomic E-state index is -3.87. The minimum absolute atomic E-state index is 0.0918. The van der Waals surface area contributed by atoms with Gasteiger partial charge in [0.05, 0.1) is 4.90 Å². The van der Waals surface area contributed by atoms with Crippen molar-refractivity contribution in [2.45, 2.75) is 29.7 Å². The van der Waals surface area contributed by atoms with Crippen LogP contribution in [0.4, 0.5) is 5.88 Å². The lowest BCUT2D eigenvalue weighted by molar-refractivity contribution is -0.131. The van der Waals surface area contributed by atoms with Crippen LogP contribution in [0, 0.1) is 0 Å². The van der Waals surface area contributed by atoms with Gasteiger partial charge in [0, 0.05) is 38.2 Å². The predicted octanol–water partition coefficient (Wildman–Crippen LogP) is 3.62. The minimum Gasteiger partial charge on any atom is -0.419 e. The van der Waals surface area contributed by atoms with Gasteiger partial charge in [-0.05, 0) is 30.7 Å². The molecule has 0 unspecified atom stereocenters. The maximum Gasteiger partial charge on any atom is 0.236 e. The van der Waals surface area contributed by atoms with Crippen molar-refractivity contribution in [3.63, 3.8) is 0 Å². The van der Waals surface area contributed by atoms with Gasteiger partial charge in [-0.25, -0.2) is 8.42 Å². The number of rotatable bonds is 6. The van der Waals surface area contributed by atoms with Gasteiger partial charge >= 0.3 is 0 Å². The van der Waals surface area contributed by atoms with Crippen molar-refractivity contribution in [3.05, 3.63) is 60.7 Å². The molecule has 4 rings (SSSR count). The van der Waals surface area contributed by atoms with E-state index in [0.29, 0.717) is 38.2 Å². The highest BCUT2D eigenvalue weighted by molar-refractivity contribution is 7.91. The number of hydrogen-bond donors (Lipinski definition) is 0.